The summed E-state index contributed by atoms with van der Waals surface area (Å²) in [7, 11) is -3.04. The van der Waals surface area contributed by atoms with E-state index in [0.717, 1.165) is 16.7 Å². The molecule has 3 aromatic carbocycles. The van der Waals surface area contributed by atoms with Crippen LogP contribution < -0.4 is 24.3 Å². The molecule has 0 saturated carbocycles. The van der Waals surface area contributed by atoms with Gasteiger partial charge in [0.05, 0.1) is 27.3 Å². The molecular weight excluding hydrogens is 505 g/mol. The Morgan fingerprint density at radius 2 is 1.61 bits per heavy atom. The van der Waals surface area contributed by atoms with Crippen molar-refractivity contribution in [3.05, 3.63) is 76.8 Å². The highest BCUT2D eigenvalue weighted by molar-refractivity contribution is 7.74. The molecule has 2 aliphatic heterocycles. The van der Waals surface area contributed by atoms with Gasteiger partial charge in [-0.2, -0.15) is 0 Å². The van der Waals surface area contributed by atoms with Crippen molar-refractivity contribution in [3.63, 3.8) is 0 Å². The molecule has 198 valence electrons. The number of non-ortho nitro benzene ring substituents is 1. The van der Waals surface area contributed by atoms with E-state index in [1.165, 1.54) is 12.1 Å². The number of nitro groups is 1. The van der Waals surface area contributed by atoms with Crippen LogP contribution in [0, 0.1) is 10.1 Å². The smallest absolute Gasteiger partial charge is 0.334 e. The van der Waals surface area contributed by atoms with Gasteiger partial charge in [0.25, 0.3) is 5.69 Å². The molecule has 5 rings (SSSR count). The van der Waals surface area contributed by atoms with Crippen molar-refractivity contribution in [1.29, 1.82) is 0 Å². The van der Waals surface area contributed by atoms with E-state index in [-0.39, 0.29) is 11.7 Å². The van der Waals surface area contributed by atoms with Gasteiger partial charge in [-0.05, 0) is 37.3 Å². The summed E-state index contributed by atoms with van der Waals surface area (Å²) in [6.45, 7) is 8.60. The van der Waals surface area contributed by atoms with Gasteiger partial charge in [0, 0.05) is 37.8 Å². The normalized spacial score (nSPS) is 18.4. The lowest BCUT2D eigenvalue weighted by Gasteiger charge is -2.49. The molecule has 0 aliphatic carbocycles. The molecule has 1 atom stereocenters. The molecule has 0 unspecified atom stereocenters. The number of carbonyl (C=O) groups excluding carboxylic acids is 1. The molecule has 2 aliphatic rings. The number of rotatable bonds is 7. The lowest BCUT2D eigenvalue weighted by molar-refractivity contribution is -0.384. The predicted octanol–water partition coefficient (Wildman–Crippen LogP) is 6.16. The third kappa shape index (κ3) is 4.19. The largest absolute Gasteiger partial charge is 0.486 e. The first-order chi connectivity index (χ1) is 18.4. The van der Waals surface area contributed by atoms with Crippen LogP contribution in [-0.4, -0.2) is 48.5 Å². The first-order valence-electron chi connectivity index (χ1n) is 12.7. The van der Waals surface area contributed by atoms with Gasteiger partial charge in [0.15, 0.2) is 18.9 Å². The summed E-state index contributed by atoms with van der Waals surface area (Å²) in [5.74, 6) is 1.21. The van der Waals surface area contributed by atoms with Crippen LogP contribution >= 0.6 is 7.36 Å². The number of amides is 2. The molecular formula is C27H30N5O5P. The van der Waals surface area contributed by atoms with Crippen LogP contribution in [0.25, 0.3) is 0 Å². The van der Waals surface area contributed by atoms with Crippen LogP contribution in [0.2, 0.25) is 0 Å². The molecule has 0 aromatic heterocycles. The van der Waals surface area contributed by atoms with Crippen molar-refractivity contribution in [2.45, 2.75) is 20.8 Å². The number of hydrogen-bond donors (Lipinski definition) is 0. The van der Waals surface area contributed by atoms with Gasteiger partial charge < -0.3 is 9.47 Å². The number of para-hydroxylation sites is 1. The molecule has 3 aromatic rings. The molecule has 0 bridgehead atoms. The molecule has 0 fully saturated rings. The summed E-state index contributed by atoms with van der Waals surface area (Å²) < 4.78 is 21.3. The Bertz CT molecular complexity index is 1410. The van der Waals surface area contributed by atoms with Gasteiger partial charge in [-0.1, -0.05) is 32.0 Å². The summed E-state index contributed by atoms with van der Waals surface area (Å²) >= 11 is 0. The quantitative estimate of drug-likeness (QED) is 0.204. The summed E-state index contributed by atoms with van der Waals surface area (Å²) in [4.78, 5) is 27.0. The second-order valence-corrected chi connectivity index (χ2v) is 11.5. The maximum Gasteiger partial charge on any atom is 0.334 e. The van der Waals surface area contributed by atoms with Crippen LogP contribution in [0.5, 0.6) is 11.5 Å². The lowest BCUT2D eigenvalue weighted by Crippen LogP contribution is -2.53. The Labute approximate surface area is 221 Å². The monoisotopic (exact) mass is 535 g/mol. The number of nitrogens with zero attached hydrogens (tertiary/aromatic N) is 5. The van der Waals surface area contributed by atoms with Crippen molar-refractivity contribution in [2.24, 2.45) is 4.74 Å². The van der Waals surface area contributed by atoms with Crippen LogP contribution in [-0.2, 0) is 0 Å². The number of carbonyl (C=O) groups is 1. The maximum atomic E-state index is 14.4. The number of ether oxygens (including phenoxy) is 2. The molecule has 0 N–H and O–H groups in total. The SMILES string of the molecule is CCN1C(=O)N(c2ccccc2)[P@](=Nc2ccc([N+](=O)[O-])cc2)(N(CC)CC)c2cc3c(cc21)OCCO3. The predicted molar refractivity (Wildman–Crippen MR) is 149 cm³/mol. The summed E-state index contributed by atoms with van der Waals surface area (Å²) in [6.07, 6.45) is 0. The van der Waals surface area contributed by atoms with E-state index in [9.17, 15) is 14.9 Å². The number of urea groups is 1. The highest BCUT2D eigenvalue weighted by atomic mass is 31.2. The van der Waals surface area contributed by atoms with E-state index >= 15 is 0 Å². The average Bonchev–Trinajstić information content (AvgIpc) is 2.94. The molecule has 10 nitrogen and oxygen atoms in total. The topological polar surface area (TPSA) is 101 Å². The molecule has 0 saturated heterocycles. The maximum absolute atomic E-state index is 14.4. The second kappa shape index (κ2) is 10.5. The highest BCUT2D eigenvalue weighted by Gasteiger charge is 2.48. The Morgan fingerprint density at radius 3 is 2.18 bits per heavy atom. The minimum absolute atomic E-state index is 0.0176. The van der Waals surface area contributed by atoms with Crippen LogP contribution in [0.1, 0.15) is 20.8 Å². The fourth-order valence-electron chi connectivity index (χ4n) is 4.98. The molecule has 2 heterocycles. The number of hydrogen-bond acceptors (Lipinski definition) is 6. The van der Waals surface area contributed by atoms with Gasteiger partial charge in [0.1, 0.15) is 13.2 Å². The van der Waals surface area contributed by atoms with Crippen LogP contribution in [0.4, 0.5) is 27.5 Å². The molecule has 0 spiro atoms. The van der Waals surface area contributed by atoms with Gasteiger partial charge >= 0.3 is 6.03 Å². The highest BCUT2D eigenvalue weighted by Crippen LogP contribution is 2.63. The molecule has 0 radical (unpaired) electrons. The van der Waals surface area contributed by atoms with E-state index in [1.54, 1.807) is 17.0 Å². The van der Waals surface area contributed by atoms with Gasteiger partial charge in [-0.3, -0.25) is 15.0 Å². The van der Waals surface area contributed by atoms with E-state index in [4.69, 9.17) is 14.2 Å². The van der Waals surface area contributed by atoms with Gasteiger partial charge in [0.2, 0.25) is 0 Å². The van der Waals surface area contributed by atoms with E-state index < -0.39 is 12.3 Å². The Hall–Kier alpha value is -3.88. The minimum Gasteiger partial charge on any atom is -0.486 e. The summed E-state index contributed by atoms with van der Waals surface area (Å²) in [5.41, 5.74) is 1.99. The van der Waals surface area contributed by atoms with Crippen molar-refractivity contribution >= 4 is 41.4 Å². The van der Waals surface area contributed by atoms with Crippen molar-refractivity contribution in [3.8, 4) is 11.5 Å². The summed E-state index contributed by atoms with van der Waals surface area (Å²) in [5, 5.41) is 12.2. The van der Waals surface area contributed by atoms with E-state index in [1.807, 2.05) is 67.9 Å². The molecule has 38 heavy (non-hydrogen) atoms. The third-order valence-electron chi connectivity index (χ3n) is 6.70. The van der Waals surface area contributed by atoms with Crippen molar-refractivity contribution in [2.75, 3.05) is 42.4 Å². The van der Waals surface area contributed by atoms with Gasteiger partial charge in [-0.15, -0.1) is 0 Å². The van der Waals surface area contributed by atoms with Crippen LogP contribution in [0.15, 0.2) is 71.5 Å². The minimum atomic E-state index is -3.04. The van der Waals surface area contributed by atoms with Crippen molar-refractivity contribution < 1.29 is 19.2 Å². The van der Waals surface area contributed by atoms with Crippen molar-refractivity contribution in [1.82, 2.24) is 4.67 Å². The fraction of sp³-hybridized carbons (Fsp3) is 0.296. The fourth-order valence-corrected chi connectivity index (χ4v) is 8.90. The zero-order chi connectivity index (χ0) is 26.9. The molecule has 2 amide bonds. The van der Waals surface area contributed by atoms with Crippen LogP contribution in [0.3, 0.4) is 0 Å². The average molecular weight is 536 g/mol. The van der Waals surface area contributed by atoms with Gasteiger partial charge in [-0.25, -0.2) is 18.9 Å². The third-order valence-corrected chi connectivity index (χ3v) is 10.5. The standard InChI is InChI=1S/C27H30N5O5P/c1-4-29(5-2)38(28-20-12-14-22(15-13-20)32(34)35)26-19-25-24(36-16-17-37-25)18-23(26)30(6-3)27(33)31(38)21-10-8-7-9-11-21/h7-15,18-19H,4-6,16-17H2,1-3H3/t38-/m1/s1. The van der Waals surface area contributed by atoms with E-state index in [2.05, 4.69) is 4.67 Å². The lowest BCUT2D eigenvalue weighted by atomic mass is 10.2. The second-order valence-electron chi connectivity index (χ2n) is 8.74. The first kappa shape index (κ1) is 25.8. The zero-order valence-electron chi connectivity index (χ0n) is 21.6. The summed E-state index contributed by atoms with van der Waals surface area (Å²) in [6, 6.07) is 19.4. The zero-order valence-corrected chi connectivity index (χ0v) is 22.5. The number of benzene rings is 3. The van der Waals surface area contributed by atoms with E-state index in [0.29, 0.717) is 50.0 Å². The Kier molecular flexibility index (Phi) is 7.10. The number of nitro benzene ring substituents is 1. The number of anilines is 2. The Morgan fingerprint density at radius 1 is 0.974 bits per heavy atom. The molecule has 11 heteroatoms. The number of fused-ring (bicyclic) bond motifs is 2. The Balaban J connectivity index is 1.90. The first-order valence-corrected chi connectivity index (χ1v) is 14.3.